The fourth-order valence-electron chi connectivity index (χ4n) is 1.60. The van der Waals surface area contributed by atoms with E-state index in [4.69, 9.17) is 21.4 Å². The van der Waals surface area contributed by atoms with E-state index >= 15 is 0 Å². The molecule has 118 valence electrons. The number of aliphatic carboxylic acids is 1. The van der Waals surface area contributed by atoms with Gasteiger partial charge in [0.15, 0.2) is 0 Å². The molecule has 1 heterocycles. The van der Waals surface area contributed by atoms with E-state index in [0.717, 1.165) is 9.21 Å². The Morgan fingerprint density at radius 3 is 2.86 bits per heavy atom. The number of hydrogen-bond acceptors (Lipinski definition) is 5. The Morgan fingerprint density at radius 2 is 2.29 bits per heavy atom. The fraction of sp³-hybridized carbons (Fsp3) is 0.538. The molecule has 0 spiro atoms. The van der Waals surface area contributed by atoms with Crippen molar-refractivity contribution >= 4 is 46.6 Å². The van der Waals surface area contributed by atoms with E-state index in [-0.39, 0.29) is 11.7 Å². The van der Waals surface area contributed by atoms with E-state index in [0.29, 0.717) is 25.2 Å². The highest BCUT2D eigenvalue weighted by Crippen LogP contribution is 2.24. The molecule has 0 bridgehead atoms. The lowest BCUT2D eigenvalue weighted by Crippen LogP contribution is -2.41. The van der Waals surface area contributed by atoms with E-state index in [9.17, 15) is 9.59 Å². The number of nitrogens with one attached hydrogen (secondary N) is 1. The summed E-state index contributed by atoms with van der Waals surface area (Å²) in [5.41, 5.74) is 0. The maximum atomic E-state index is 11.7. The molecule has 0 saturated carbocycles. The quantitative estimate of drug-likeness (QED) is 0.634. The normalized spacial score (nSPS) is 12.1. The molecule has 5 nitrogen and oxygen atoms in total. The Hall–Kier alpha value is -0.760. The zero-order valence-corrected chi connectivity index (χ0v) is 14.0. The molecular weight excluding hydrogens is 334 g/mol. The third-order valence-corrected chi connectivity index (χ3v) is 4.98. The van der Waals surface area contributed by atoms with Crippen LogP contribution in [0.4, 0.5) is 0 Å². The maximum absolute atomic E-state index is 11.7. The van der Waals surface area contributed by atoms with Gasteiger partial charge in [0.25, 0.3) is 0 Å². The molecular formula is C13H18ClNO4S2. The van der Waals surface area contributed by atoms with Gasteiger partial charge in [-0.3, -0.25) is 4.79 Å². The number of rotatable bonds is 10. The molecule has 1 aromatic rings. The predicted molar refractivity (Wildman–Crippen MR) is 86.2 cm³/mol. The van der Waals surface area contributed by atoms with Crippen molar-refractivity contribution in [3.63, 3.8) is 0 Å². The van der Waals surface area contributed by atoms with Crippen LogP contribution in [0.15, 0.2) is 12.1 Å². The maximum Gasteiger partial charge on any atom is 0.326 e. The summed E-state index contributed by atoms with van der Waals surface area (Å²) in [5, 5.41) is 11.6. The van der Waals surface area contributed by atoms with E-state index in [1.54, 1.807) is 7.11 Å². The van der Waals surface area contributed by atoms with E-state index in [1.165, 1.54) is 23.1 Å². The van der Waals surface area contributed by atoms with Crippen LogP contribution in [0.1, 0.15) is 17.7 Å². The Morgan fingerprint density at radius 1 is 1.52 bits per heavy atom. The minimum Gasteiger partial charge on any atom is -0.480 e. The second-order valence-corrected chi connectivity index (χ2v) is 7.08. The summed E-state index contributed by atoms with van der Waals surface area (Å²) in [5.74, 6) is -0.377. The Kier molecular flexibility index (Phi) is 8.75. The highest BCUT2D eigenvalue weighted by molar-refractivity contribution is 7.99. The van der Waals surface area contributed by atoms with Crippen molar-refractivity contribution in [3.05, 3.63) is 21.3 Å². The summed E-state index contributed by atoms with van der Waals surface area (Å²) < 4.78 is 5.59. The van der Waals surface area contributed by atoms with Gasteiger partial charge in [-0.2, -0.15) is 0 Å². The Labute approximate surface area is 137 Å². The lowest BCUT2D eigenvalue weighted by Gasteiger charge is -2.14. The molecule has 1 unspecified atom stereocenters. The molecule has 2 N–H and O–H groups in total. The van der Waals surface area contributed by atoms with E-state index < -0.39 is 12.0 Å². The summed E-state index contributed by atoms with van der Waals surface area (Å²) >= 11 is 8.73. The van der Waals surface area contributed by atoms with Crippen LogP contribution in [-0.4, -0.2) is 42.5 Å². The molecule has 1 rings (SSSR count). The second-order valence-electron chi connectivity index (χ2n) is 4.29. The first kappa shape index (κ1) is 18.3. The number of carboxylic acids is 1. The third kappa shape index (κ3) is 7.71. The van der Waals surface area contributed by atoms with Crippen LogP contribution in [0.5, 0.6) is 0 Å². The van der Waals surface area contributed by atoms with Crippen LogP contribution >= 0.6 is 34.7 Å². The molecule has 0 saturated heterocycles. The van der Waals surface area contributed by atoms with Crippen molar-refractivity contribution in [3.8, 4) is 0 Å². The minimum atomic E-state index is -1.02. The zero-order chi connectivity index (χ0) is 15.7. The van der Waals surface area contributed by atoms with Crippen molar-refractivity contribution in [2.45, 2.75) is 24.6 Å². The minimum absolute atomic E-state index is 0.226. The van der Waals surface area contributed by atoms with Crippen LogP contribution in [0, 0.1) is 0 Å². The van der Waals surface area contributed by atoms with Crippen LogP contribution in [-0.2, 0) is 20.1 Å². The van der Waals surface area contributed by atoms with Crippen molar-refractivity contribution < 1.29 is 19.4 Å². The van der Waals surface area contributed by atoms with Gasteiger partial charge in [0, 0.05) is 24.3 Å². The number of thioether (sulfide) groups is 1. The van der Waals surface area contributed by atoms with Crippen molar-refractivity contribution in [2.75, 3.05) is 19.5 Å². The molecule has 1 atom stereocenters. The first-order chi connectivity index (χ1) is 10.0. The Balaban J connectivity index is 2.27. The summed E-state index contributed by atoms with van der Waals surface area (Å²) in [6, 6.07) is 2.88. The number of halogens is 1. The molecule has 0 aliphatic heterocycles. The second kappa shape index (κ2) is 10.0. The molecule has 8 heteroatoms. The van der Waals surface area contributed by atoms with Gasteiger partial charge in [-0.05, 0) is 25.0 Å². The number of carbonyl (C=O) groups excluding carboxylic acids is 1. The topological polar surface area (TPSA) is 75.6 Å². The van der Waals surface area contributed by atoms with Crippen molar-refractivity contribution in [2.24, 2.45) is 0 Å². The lowest BCUT2D eigenvalue weighted by molar-refractivity contribution is -0.141. The average molecular weight is 352 g/mol. The average Bonchev–Trinajstić information content (AvgIpc) is 2.83. The lowest BCUT2D eigenvalue weighted by atomic mass is 10.1. The molecule has 0 radical (unpaired) electrons. The van der Waals surface area contributed by atoms with Crippen molar-refractivity contribution in [1.82, 2.24) is 5.32 Å². The predicted octanol–water partition coefficient (Wildman–Crippen LogP) is 2.63. The molecule has 0 aromatic carbocycles. The van der Waals surface area contributed by atoms with Gasteiger partial charge in [0.1, 0.15) is 6.04 Å². The van der Waals surface area contributed by atoms with Gasteiger partial charge in [0.2, 0.25) is 5.91 Å². The number of methoxy groups -OCH3 is 1. The van der Waals surface area contributed by atoms with Crippen LogP contribution in [0.3, 0.4) is 0 Å². The third-order valence-electron chi connectivity index (χ3n) is 2.58. The number of hydrogen-bond donors (Lipinski definition) is 2. The fourth-order valence-corrected chi connectivity index (χ4v) is 3.64. The smallest absolute Gasteiger partial charge is 0.326 e. The molecule has 1 amide bonds. The number of carbonyl (C=O) groups is 2. The summed E-state index contributed by atoms with van der Waals surface area (Å²) in [4.78, 5) is 23.9. The van der Waals surface area contributed by atoms with Crippen LogP contribution in [0.25, 0.3) is 0 Å². The standard InChI is InChI=1S/C13H18ClNO4S2/c1-19-6-2-3-10(13(17)18)15-12(16)8-20-7-9-4-5-11(14)21-9/h4-5,10H,2-3,6-8H2,1H3,(H,15,16)(H,17,18). The summed E-state index contributed by atoms with van der Waals surface area (Å²) in [6.07, 6.45) is 0.953. The Bertz CT molecular complexity index is 467. The zero-order valence-electron chi connectivity index (χ0n) is 11.6. The van der Waals surface area contributed by atoms with Crippen LogP contribution in [0.2, 0.25) is 4.34 Å². The largest absolute Gasteiger partial charge is 0.480 e. The van der Waals surface area contributed by atoms with E-state index in [1.807, 2.05) is 12.1 Å². The first-order valence-electron chi connectivity index (χ1n) is 6.36. The van der Waals surface area contributed by atoms with Gasteiger partial charge in [-0.15, -0.1) is 23.1 Å². The van der Waals surface area contributed by atoms with Gasteiger partial charge in [0.05, 0.1) is 10.1 Å². The SMILES string of the molecule is COCCCC(NC(=O)CSCc1ccc(Cl)s1)C(=O)O. The number of carboxylic acid groups (broad SMARTS) is 1. The number of amides is 1. The van der Waals surface area contributed by atoms with Gasteiger partial charge < -0.3 is 15.2 Å². The van der Waals surface area contributed by atoms with Gasteiger partial charge >= 0.3 is 5.97 Å². The molecule has 0 aliphatic carbocycles. The van der Waals surface area contributed by atoms with Crippen molar-refractivity contribution in [1.29, 1.82) is 0 Å². The van der Waals surface area contributed by atoms with Gasteiger partial charge in [-0.25, -0.2) is 4.79 Å². The highest BCUT2D eigenvalue weighted by Gasteiger charge is 2.19. The molecule has 1 aromatic heterocycles. The van der Waals surface area contributed by atoms with Gasteiger partial charge in [-0.1, -0.05) is 11.6 Å². The monoisotopic (exact) mass is 351 g/mol. The highest BCUT2D eigenvalue weighted by atomic mass is 35.5. The van der Waals surface area contributed by atoms with E-state index in [2.05, 4.69) is 5.32 Å². The number of ether oxygens (including phenoxy) is 1. The summed E-state index contributed by atoms with van der Waals surface area (Å²) in [6.45, 7) is 0.480. The summed E-state index contributed by atoms with van der Waals surface area (Å²) in [7, 11) is 1.56. The molecule has 0 fully saturated rings. The molecule has 0 aliphatic rings. The van der Waals surface area contributed by atoms with Crippen LogP contribution < -0.4 is 5.32 Å². The number of thiophene rings is 1. The molecule has 21 heavy (non-hydrogen) atoms. The first-order valence-corrected chi connectivity index (χ1v) is 8.71.